The molecule has 0 aromatic heterocycles. The van der Waals surface area contributed by atoms with Gasteiger partial charge in [0, 0.05) is 5.56 Å². The van der Waals surface area contributed by atoms with E-state index in [-0.39, 0.29) is 11.6 Å². The predicted molar refractivity (Wildman–Crippen MR) is 93.6 cm³/mol. The molecular formula is C18H16BrFO4. The number of carbonyl (C=O) groups excluding carboxylic acids is 1. The summed E-state index contributed by atoms with van der Waals surface area (Å²) in [7, 11) is 4.46. The summed E-state index contributed by atoms with van der Waals surface area (Å²) in [5, 5.41) is 0. The highest BCUT2D eigenvalue weighted by molar-refractivity contribution is 9.10. The molecule has 2 aromatic carbocycles. The average Bonchev–Trinajstić information content (AvgIpc) is 2.60. The Hall–Kier alpha value is -2.34. The monoisotopic (exact) mass is 394 g/mol. The Balaban J connectivity index is 2.32. The van der Waals surface area contributed by atoms with Gasteiger partial charge in [-0.15, -0.1) is 0 Å². The normalized spacial score (nSPS) is 10.7. The molecule has 0 spiro atoms. The fourth-order valence-corrected chi connectivity index (χ4v) is 2.50. The number of ketones is 1. The summed E-state index contributed by atoms with van der Waals surface area (Å²) in [6.07, 6.45) is 3.01. The largest absolute Gasteiger partial charge is 0.493 e. The van der Waals surface area contributed by atoms with Crippen LogP contribution >= 0.6 is 15.9 Å². The third-order valence-corrected chi connectivity index (χ3v) is 3.93. The van der Waals surface area contributed by atoms with E-state index in [2.05, 4.69) is 15.9 Å². The summed E-state index contributed by atoms with van der Waals surface area (Å²) in [5.41, 5.74) is 1.09. The van der Waals surface area contributed by atoms with Gasteiger partial charge in [0.2, 0.25) is 5.75 Å². The van der Waals surface area contributed by atoms with Crippen molar-refractivity contribution in [3.8, 4) is 17.2 Å². The number of rotatable bonds is 6. The predicted octanol–water partition coefficient (Wildman–Crippen LogP) is 4.51. The molecule has 0 saturated heterocycles. The number of allylic oxidation sites excluding steroid dienone is 1. The molecule has 6 heteroatoms. The van der Waals surface area contributed by atoms with E-state index in [1.807, 2.05) is 0 Å². The van der Waals surface area contributed by atoms with Crippen LogP contribution in [0.1, 0.15) is 15.9 Å². The Morgan fingerprint density at radius 1 is 1.04 bits per heavy atom. The molecule has 0 unspecified atom stereocenters. The molecular weight excluding hydrogens is 379 g/mol. The first-order valence-corrected chi connectivity index (χ1v) is 7.77. The molecule has 0 amide bonds. The highest BCUT2D eigenvalue weighted by atomic mass is 79.9. The molecule has 2 aromatic rings. The molecule has 24 heavy (non-hydrogen) atoms. The van der Waals surface area contributed by atoms with Crippen LogP contribution in [0, 0.1) is 5.82 Å². The topological polar surface area (TPSA) is 44.8 Å². The second kappa shape index (κ2) is 7.97. The van der Waals surface area contributed by atoms with Crippen LogP contribution in [0.5, 0.6) is 17.2 Å². The van der Waals surface area contributed by atoms with Crippen molar-refractivity contribution >= 4 is 27.8 Å². The smallest absolute Gasteiger partial charge is 0.203 e. The van der Waals surface area contributed by atoms with Gasteiger partial charge in [0.25, 0.3) is 0 Å². The fraction of sp³-hybridized carbons (Fsp3) is 0.167. The Labute approximate surface area is 148 Å². The van der Waals surface area contributed by atoms with Crippen molar-refractivity contribution < 1.29 is 23.4 Å². The third-order valence-electron chi connectivity index (χ3n) is 3.32. The lowest BCUT2D eigenvalue weighted by molar-refractivity contribution is 0.104. The summed E-state index contributed by atoms with van der Waals surface area (Å²) >= 11 is 3.11. The van der Waals surface area contributed by atoms with Crippen molar-refractivity contribution in [1.82, 2.24) is 0 Å². The van der Waals surface area contributed by atoms with Crippen LogP contribution in [0.4, 0.5) is 4.39 Å². The van der Waals surface area contributed by atoms with Crippen LogP contribution in [-0.2, 0) is 0 Å². The zero-order chi connectivity index (χ0) is 17.7. The number of hydrogen-bond acceptors (Lipinski definition) is 4. The van der Waals surface area contributed by atoms with Crippen molar-refractivity contribution in [2.75, 3.05) is 21.3 Å². The van der Waals surface area contributed by atoms with E-state index in [1.165, 1.54) is 33.5 Å². The van der Waals surface area contributed by atoms with E-state index in [4.69, 9.17) is 14.2 Å². The number of ether oxygens (including phenoxy) is 3. The first-order chi connectivity index (χ1) is 11.5. The van der Waals surface area contributed by atoms with Gasteiger partial charge in [-0.1, -0.05) is 12.1 Å². The summed E-state index contributed by atoms with van der Waals surface area (Å²) in [5.74, 6) is 0.622. The molecule has 0 fully saturated rings. The highest BCUT2D eigenvalue weighted by Crippen LogP contribution is 2.38. The van der Waals surface area contributed by atoms with Crippen LogP contribution in [0.25, 0.3) is 6.08 Å². The van der Waals surface area contributed by atoms with Gasteiger partial charge in [-0.05, 0) is 51.8 Å². The number of benzene rings is 2. The first kappa shape index (κ1) is 18.0. The number of hydrogen-bond donors (Lipinski definition) is 0. The van der Waals surface area contributed by atoms with Gasteiger partial charge < -0.3 is 14.2 Å². The van der Waals surface area contributed by atoms with Crippen molar-refractivity contribution in [3.05, 3.63) is 57.8 Å². The SMILES string of the molecule is COc1cc(C(=O)/C=C/c2ccc(F)c(Br)c2)cc(OC)c1OC. The van der Waals surface area contributed by atoms with E-state index in [9.17, 15) is 9.18 Å². The lowest BCUT2D eigenvalue weighted by Gasteiger charge is -2.13. The summed E-state index contributed by atoms with van der Waals surface area (Å²) in [6.45, 7) is 0. The quantitative estimate of drug-likeness (QED) is 0.533. The van der Waals surface area contributed by atoms with E-state index < -0.39 is 0 Å². The molecule has 0 bridgehead atoms. The van der Waals surface area contributed by atoms with Crippen molar-refractivity contribution in [3.63, 3.8) is 0 Å². The molecule has 0 aliphatic carbocycles. The van der Waals surface area contributed by atoms with Gasteiger partial charge >= 0.3 is 0 Å². The molecule has 126 valence electrons. The van der Waals surface area contributed by atoms with Crippen LogP contribution in [-0.4, -0.2) is 27.1 Å². The minimum Gasteiger partial charge on any atom is -0.493 e. The maximum atomic E-state index is 13.2. The van der Waals surface area contributed by atoms with Crippen molar-refractivity contribution in [2.45, 2.75) is 0 Å². The zero-order valence-corrected chi connectivity index (χ0v) is 15.0. The Bertz CT molecular complexity index is 762. The zero-order valence-electron chi connectivity index (χ0n) is 13.4. The lowest BCUT2D eigenvalue weighted by Crippen LogP contribution is -2.00. The van der Waals surface area contributed by atoms with E-state index in [0.717, 1.165) is 0 Å². The van der Waals surface area contributed by atoms with E-state index in [1.54, 1.807) is 30.3 Å². The van der Waals surface area contributed by atoms with Gasteiger partial charge in [0.1, 0.15) is 5.82 Å². The minimum atomic E-state index is -0.358. The van der Waals surface area contributed by atoms with Crippen LogP contribution < -0.4 is 14.2 Å². The highest BCUT2D eigenvalue weighted by Gasteiger charge is 2.15. The number of halogens is 2. The Morgan fingerprint density at radius 2 is 1.67 bits per heavy atom. The molecule has 0 atom stereocenters. The van der Waals surface area contributed by atoms with Gasteiger partial charge in [0.05, 0.1) is 25.8 Å². The number of carbonyl (C=O) groups is 1. The fourth-order valence-electron chi connectivity index (χ4n) is 2.11. The molecule has 0 heterocycles. The molecule has 0 radical (unpaired) electrons. The van der Waals surface area contributed by atoms with E-state index >= 15 is 0 Å². The second-order valence-electron chi connectivity index (χ2n) is 4.79. The molecule has 0 N–H and O–H groups in total. The Kier molecular flexibility index (Phi) is 5.98. The maximum absolute atomic E-state index is 13.2. The van der Waals surface area contributed by atoms with E-state index in [0.29, 0.717) is 32.8 Å². The van der Waals surface area contributed by atoms with Crippen LogP contribution in [0.15, 0.2) is 40.9 Å². The third kappa shape index (κ3) is 3.94. The maximum Gasteiger partial charge on any atom is 0.203 e. The second-order valence-corrected chi connectivity index (χ2v) is 5.64. The van der Waals surface area contributed by atoms with Gasteiger partial charge in [0.15, 0.2) is 17.3 Å². The average molecular weight is 395 g/mol. The first-order valence-electron chi connectivity index (χ1n) is 6.97. The lowest BCUT2D eigenvalue weighted by atomic mass is 10.1. The van der Waals surface area contributed by atoms with Crippen molar-refractivity contribution in [1.29, 1.82) is 0 Å². The summed E-state index contributed by atoms with van der Waals surface area (Å²) in [4.78, 5) is 12.4. The van der Waals surface area contributed by atoms with Gasteiger partial charge in [-0.25, -0.2) is 4.39 Å². The molecule has 2 rings (SSSR count). The minimum absolute atomic E-state index is 0.241. The molecule has 0 saturated carbocycles. The van der Waals surface area contributed by atoms with Crippen LogP contribution in [0.2, 0.25) is 0 Å². The van der Waals surface area contributed by atoms with Gasteiger partial charge in [-0.3, -0.25) is 4.79 Å². The molecule has 0 aliphatic rings. The standard InChI is InChI=1S/C18H16BrFO4/c1-22-16-9-12(10-17(23-2)18(16)24-3)15(21)7-5-11-4-6-14(20)13(19)8-11/h4-10H,1-3H3/b7-5+. The summed E-state index contributed by atoms with van der Waals surface area (Å²) in [6, 6.07) is 7.66. The number of methoxy groups -OCH3 is 3. The summed E-state index contributed by atoms with van der Waals surface area (Å²) < 4.78 is 29.3. The Morgan fingerprint density at radius 3 is 2.17 bits per heavy atom. The molecule has 4 nitrogen and oxygen atoms in total. The van der Waals surface area contributed by atoms with Crippen molar-refractivity contribution in [2.24, 2.45) is 0 Å². The van der Waals surface area contributed by atoms with Crippen LogP contribution in [0.3, 0.4) is 0 Å². The molecule has 0 aliphatic heterocycles. The van der Waals surface area contributed by atoms with Gasteiger partial charge in [-0.2, -0.15) is 0 Å².